The molecule has 13 heteroatoms. The highest BCUT2D eigenvalue weighted by atomic mass is 31.0. The van der Waals surface area contributed by atoms with E-state index < -0.39 is 23.2 Å². The zero-order valence-electron chi connectivity index (χ0n) is 20.7. The molecule has 10 nitrogen and oxygen atoms in total. The van der Waals surface area contributed by atoms with E-state index in [1.165, 1.54) is 38.9 Å². The third-order valence-corrected chi connectivity index (χ3v) is 5.77. The fraction of sp³-hybridized carbons (Fsp3) is 0.200. The first-order valence-electron chi connectivity index (χ1n) is 11.2. The second-order valence-corrected chi connectivity index (χ2v) is 8.38. The van der Waals surface area contributed by atoms with Gasteiger partial charge in [0, 0.05) is 35.9 Å². The summed E-state index contributed by atoms with van der Waals surface area (Å²) in [6.45, 7) is 1.05. The van der Waals surface area contributed by atoms with Crippen LogP contribution in [0, 0.1) is 11.8 Å². The number of rotatable bonds is 10. The number of likely N-dealkylation sites (N-methyl/N-ethyl adjacent to an activating group) is 1. The van der Waals surface area contributed by atoms with Crippen LogP contribution < -0.4 is 34.9 Å². The van der Waals surface area contributed by atoms with E-state index in [-0.39, 0.29) is 28.4 Å². The Kier molecular flexibility index (Phi) is 8.45. The van der Waals surface area contributed by atoms with Crippen LogP contribution in [0.2, 0.25) is 0 Å². The quantitative estimate of drug-likeness (QED) is 0.176. The van der Waals surface area contributed by atoms with Gasteiger partial charge in [0.25, 0.3) is 5.91 Å². The molecule has 0 bridgehead atoms. The van der Waals surface area contributed by atoms with Gasteiger partial charge in [0.2, 0.25) is 11.8 Å². The molecule has 0 aliphatic heterocycles. The first kappa shape index (κ1) is 26.9. The molecule has 1 amide bonds. The summed E-state index contributed by atoms with van der Waals surface area (Å²) in [5.41, 5.74) is 0.154. The lowest BCUT2D eigenvalue weighted by atomic mass is 10.2. The van der Waals surface area contributed by atoms with E-state index in [4.69, 9.17) is 18.9 Å². The van der Waals surface area contributed by atoms with Crippen LogP contribution in [0.1, 0.15) is 10.4 Å². The van der Waals surface area contributed by atoms with Gasteiger partial charge in [-0.05, 0) is 25.2 Å². The molecule has 0 spiro atoms. The van der Waals surface area contributed by atoms with E-state index in [0.717, 1.165) is 6.07 Å². The number of carbonyl (C=O) groups excluding carboxylic acids is 1. The third kappa shape index (κ3) is 5.71. The average Bonchev–Trinajstić information content (AvgIpc) is 2.90. The minimum absolute atomic E-state index is 0.0109. The van der Waals surface area contributed by atoms with Crippen LogP contribution in [0.4, 0.5) is 14.5 Å². The minimum Gasteiger partial charge on any atom is -0.496 e. The molecule has 2 aromatic heterocycles. The number of hydrogen-bond donors (Lipinski definition) is 2. The lowest BCUT2D eigenvalue weighted by molar-refractivity contribution is 0.101. The Balaban J connectivity index is 1.62. The molecule has 2 N–H and O–H groups in total. The zero-order chi connectivity index (χ0) is 27.2. The second kappa shape index (κ2) is 11.9. The molecule has 198 valence electrons. The maximum Gasteiger partial charge on any atom is 0.264 e. The van der Waals surface area contributed by atoms with Crippen molar-refractivity contribution in [3.8, 4) is 28.9 Å². The average molecular weight is 543 g/mol. The number of ether oxygens (including phenoxy) is 4. The third-order valence-electron chi connectivity index (χ3n) is 5.34. The fourth-order valence-electron chi connectivity index (χ4n) is 3.54. The summed E-state index contributed by atoms with van der Waals surface area (Å²) in [6.07, 6.45) is 2.45. The normalized spacial score (nSPS) is 10.8. The van der Waals surface area contributed by atoms with E-state index in [0.29, 0.717) is 35.6 Å². The van der Waals surface area contributed by atoms with Crippen molar-refractivity contribution < 1.29 is 32.5 Å². The van der Waals surface area contributed by atoms with Crippen molar-refractivity contribution in [1.29, 1.82) is 0 Å². The van der Waals surface area contributed by atoms with Gasteiger partial charge in [-0.3, -0.25) is 4.79 Å². The first-order chi connectivity index (χ1) is 18.4. The fourth-order valence-corrected chi connectivity index (χ4v) is 3.91. The van der Waals surface area contributed by atoms with Crippen molar-refractivity contribution in [3.05, 3.63) is 60.2 Å². The first-order valence-corrected chi connectivity index (χ1v) is 11.8. The molecule has 0 fully saturated rings. The van der Waals surface area contributed by atoms with Gasteiger partial charge in [-0.25, -0.2) is 19.3 Å². The molecule has 2 heterocycles. The number of nitrogens with zero attached hydrogens (tertiary/aromatic N) is 3. The van der Waals surface area contributed by atoms with Crippen LogP contribution in [0.3, 0.4) is 0 Å². The number of halogens is 2. The zero-order valence-corrected chi connectivity index (χ0v) is 21.8. The summed E-state index contributed by atoms with van der Waals surface area (Å²) in [5.74, 6) is -1.83. The van der Waals surface area contributed by atoms with Gasteiger partial charge in [0.1, 0.15) is 24.2 Å². The van der Waals surface area contributed by atoms with Gasteiger partial charge in [0.05, 0.1) is 25.1 Å². The SMILES string of the molecule is CNCCOc1cc2ncnc(Oc3c(F)cc(NC(=O)c4c(OC)ccnc4F)cc3P)c2cc1OC. The lowest BCUT2D eigenvalue weighted by Crippen LogP contribution is -2.17. The van der Waals surface area contributed by atoms with Crippen molar-refractivity contribution in [2.75, 3.05) is 39.7 Å². The van der Waals surface area contributed by atoms with Crippen LogP contribution in [0.25, 0.3) is 10.9 Å². The Morgan fingerprint density at radius 2 is 1.82 bits per heavy atom. The number of nitrogens with one attached hydrogen (secondary N) is 2. The molecule has 0 aliphatic rings. The van der Waals surface area contributed by atoms with E-state index in [2.05, 4.69) is 34.8 Å². The number of aromatic nitrogens is 3. The predicted molar refractivity (Wildman–Crippen MR) is 140 cm³/mol. The largest absolute Gasteiger partial charge is 0.496 e. The van der Waals surface area contributed by atoms with Gasteiger partial charge < -0.3 is 29.6 Å². The standard InChI is InChI=1S/C25H24F2N5O5P/c1-28-6-7-36-19-11-16-14(10-18(19)35-3)25(31-12-30-16)37-22-15(26)8-13(9-20(22)38)32-24(33)21-17(34-2)4-5-29-23(21)27/h4-5,8-12,28H,6-7,38H2,1-3H3,(H,32,33). The van der Waals surface area contributed by atoms with Crippen LogP contribution >= 0.6 is 9.24 Å². The predicted octanol–water partition coefficient (Wildman–Crippen LogP) is 3.46. The van der Waals surface area contributed by atoms with Crippen molar-refractivity contribution in [2.45, 2.75) is 0 Å². The van der Waals surface area contributed by atoms with Gasteiger partial charge in [-0.15, -0.1) is 9.24 Å². The van der Waals surface area contributed by atoms with Crippen LogP contribution in [0.5, 0.6) is 28.9 Å². The van der Waals surface area contributed by atoms with E-state index in [9.17, 15) is 9.18 Å². The molecule has 1 unspecified atom stereocenters. The highest BCUT2D eigenvalue weighted by Crippen LogP contribution is 2.36. The Labute approximate surface area is 218 Å². The van der Waals surface area contributed by atoms with Gasteiger partial charge in [-0.1, -0.05) is 0 Å². The molecule has 0 saturated carbocycles. The monoisotopic (exact) mass is 543 g/mol. The molecule has 0 radical (unpaired) electrons. The van der Waals surface area contributed by atoms with E-state index >= 15 is 4.39 Å². The molecule has 0 aliphatic carbocycles. The number of anilines is 1. The van der Waals surface area contributed by atoms with Crippen molar-refractivity contribution in [2.24, 2.45) is 0 Å². The molecule has 1 atom stereocenters. The summed E-state index contributed by atoms with van der Waals surface area (Å²) >= 11 is 0. The number of carbonyl (C=O) groups is 1. The summed E-state index contributed by atoms with van der Waals surface area (Å²) in [5, 5.41) is 6.17. The highest BCUT2D eigenvalue weighted by Gasteiger charge is 2.21. The Morgan fingerprint density at radius 3 is 2.53 bits per heavy atom. The molecular formula is C25H24F2N5O5P. The summed E-state index contributed by atoms with van der Waals surface area (Å²) in [7, 11) is 6.94. The van der Waals surface area contributed by atoms with Crippen LogP contribution in [-0.2, 0) is 0 Å². The molecule has 38 heavy (non-hydrogen) atoms. The Morgan fingerprint density at radius 1 is 1.03 bits per heavy atom. The second-order valence-electron chi connectivity index (χ2n) is 7.76. The minimum atomic E-state index is -1.02. The number of amides is 1. The number of methoxy groups -OCH3 is 2. The van der Waals surface area contributed by atoms with Crippen molar-refractivity contribution in [3.63, 3.8) is 0 Å². The van der Waals surface area contributed by atoms with Gasteiger partial charge in [-0.2, -0.15) is 4.39 Å². The van der Waals surface area contributed by atoms with Crippen LogP contribution in [0.15, 0.2) is 42.9 Å². The van der Waals surface area contributed by atoms with Crippen molar-refractivity contribution in [1.82, 2.24) is 20.3 Å². The van der Waals surface area contributed by atoms with E-state index in [1.807, 2.05) is 7.05 Å². The maximum atomic E-state index is 15.2. The Hall–Kier alpha value is -4.15. The lowest BCUT2D eigenvalue weighted by Gasteiger charge is -2.15. The number of hydrogen-bond acceptors (Lipinski definition) is 9. The summed E-state index contributed by atoms with van der Waals surface area (Å²) in [6, 6.07) is 7.15. The van der Waals surface area contributed by atoms with E-state index in [1.54, 1.807) is 12.1 Å². The number of pyridine rings is 1. The molecular weight excluding hydrogens is 519 g/mol. The maximum absolute atomic E-state index is 15.2. The van der Waals surface area contributed by atoms with Crippen molar-refractivity contribution >= 4 is 37.0 Å². The summed E-state index contributed by atoms with van der Waals surface area (Å²) in [4.78, 5) is 24.5. The molecule has 4 rings (SSSR count). The van der Waals surface area contributed by atoms with Crippen LogP contribution in [-0.4, -0.2) is 55.3 Å². The molecule has 2 aromatic carbocycles. The smallest absolute Gasteiger partial charge is 0.264 e. The van der Waals surface area contributed by atoms with Gasteiger partial charge in [0.15, 0.2) is 23.1 Å². The Bertz CT molecular complexity index is 1470. The van der Waals surface area contributed by atoms with Gasteiger partial charge >= 0.3 is 0 Å². The topological polar surface area (TPSA) is 117 Å². The number of fused-ring (bicyclic) bond motifs is 1. The highest BCUT2D eigenvalue weighted by molar-refractivity contribution is 7.27. The summed E-state index contributed by atoms with van der Waals surface area (Å²) < 4.78 is 51.4. The number of benzene rings is 2. The molecule has 0 saturated heterocycles. The molecule has 4 aromatic rings.